The van der Waals surface area contributed by atoms with E-state index in [1.165, 1.54) is 11.3 Å². The van der Waals surface area contributed by atoms with Gasteiger partial charge in [-0.1, -0.05) is 0 Å². The van der Waals surface area contributed by atoms with Crippen molar-refractivity contribution < 1.29 is 13.6 Å². The highest BCUT2D eigenvalue weighted by Gasteiger charge is 2.51. The van der Waals surface area contributed by atoms with Crippen molar-refractivity contribution in [1.29, 1.82) is 0 Å². The van der Waals surface area contributed by atoms with E-state index in [4.69, 9.17) is 11.6 Å². The molecule has 4 aliphatic carbocycles. The fourth-order valence-corrected chi connectivity index (χ4v) is 5.30. The standard InChI is InChI=1S/C15H22ClF2NO/c16-1-2-19(8-13(17)18)15(20)14-11-4-9-3-10(6-11)7-12(14)5-9/h9-14H,1-8H2. The van der Waals surface area contributed by atoms with Gasteiger partial charge in [-0.2, -0.15) is 0 Å². The maximum atomic E-state index is 12.7. The molecule has 0 heterocycles. The lowest BCUT2D eigenvalue weighted by atomic mass is 9.51. The van der Waals surface area contributed by atoms with Gasteiger partial charge in [0, 0.05) is 18.3 Å². The summed E-state index contributed by atoms with van der Waals surface area (Å²) in [5, 5.41) is 0. The number of alkyl halides is 3. The van der Waals surface area contributed by atoms with Crippen molar-refractivity contribution in [3.63, 3.8) is 0 Å². The zero-order valence-corrected chi connectivity index (χ0v) is 12.4. The number of halogens is 3. The van der Waals surface area contributed by atoms with Crippen LogP contribution in [-0.4, -0.2) is 36.2 Å². The summed E-state index contributed by atoms with van der Waals surface area (Å²) in [5.74, 6) is 2.62. The van der Waals surface area contributed by atoms with Crippen LogP contribution in [0.1, 0.15) is 32.1 Å². The molecule has 0 spiro atoms. The highest BCUT2D eigenvalue weighted by Crippen LogP contribution is 2.56. The first-order chi connectivity index (χ1) is 9.58. The highest BCUT2D eigenvalue weighted by molar-refractivity contribution is 6.18. The SMILES string of the molecule is O=C(C1C2CC3CC(C2)CC1C3)N(CCCl)CC(F)F. The summed E-state index contributed by atoms with van der Waals surface area (Å²) >= 11 is 5.67. The molecule has 0 radical (unpaired) electrons. The molecule has 1 amide bonds. The monoisotopic (exact) mass is 305 g/mol. The molecule has 20 heavy (non-hydrogen) atoms. The average Bonchev–Trinajstić information content (AvgIpc) is 2.36. The van der Waals surface area contributed by atoms with Crippen molar-refractivity contribution in [2.45, 2.75) is 38.5 Å². The average molecular weight is 306 g/mol. The van der Waals surface area contributed by atoms with Gasteiger partial charge in [0.2, 0.25) is 5.91 Å². The van der Waals surface area contributed by atoms with Gasteiger partial charge in [0.25, 0.3) is 6.43 Å². The third kappa shape index (κ3) is 2.68. The molecule has 114 valence electrons. The van der Waals surface area contributed by atoms with Crippen LogP contribution >= 0.6 is 11.6 Å². The molecule has 4 fully saturated rings. The van der Waals surface area contributed by atoms with Crippen LogP contribution in [0.4, 0.5) is 8.78 Å². The number of carbonyl (C=O) groups is 1. The van der Waals surface area contributed by atoms with Crippen LogP contribution in [0, 0.1) is 29.6 Å². The smallest absolute Gasteiger partial charge is 0.255 e. The van der Waals surface area contributed by atoms with Gasteiger partial charge < -0.3 is 4.90 Å². The Morgan fingerprint density at radius 3 is 2.10 bits per heavy atom. The summed E-state index contributed by atoms with van der Waals surface area (Å²) in [5.41, 5.74) is 0. The van der Waals surface area contributed by atoms with Gasteiger partial charge in [-0.05, 0) is 55.8 Å². The minimum absolute atomic E-state index is 0.00948. The van der Waals surface area contributed by atoms with Crippen LogP contribution in [0.5, 0.6) is 0 Å². The van der Waals surface area contributed by atoms with Crippen LogP contribution in [-0.2, 0) is 4.79 Å². The first-order valence-electron chi connectivity index (χ1n) is 7.71. The van der Waals surface area contributed by atoms with Crippen LogP contribution in [0.3, 0.4) is 0 Å². The molecular weight excluding hydrogens is 284 g/mol. The molecular formula is C15H22ClF2NO. The Morgan fingerprint density at radius 1 is 1.10 bits per heavy atom. The van der Waals surface area contributed by atoms with E-state index < -0.39 is 13.0 Å². The number of rotatable bonds is 5. The maximum absolute atomic E-state index is 12.7. The zero-order chi connectivity index (χ0) is 14.3. The second kappa shape index (κ2) is 5.78. The number of nitrogens with zero attached hydrogens (tertiary/aromatic N) is 1. The number of hydrogen-bond acceptors (Lipinski definition) is 1. The Hall–Kier alpha value is -0.380. The van der Waals surface area contributed by atoms with E-state index in [1.807, 2.05) is 0 Å². The lowest BCUT2D eigenvalue weighted by Crippen LogP contribution is -2.52. The van der Waals surface area contributed by atoms with Gasteiger partial charge in [-0.25, -0.2) is 8.78 Å². The topological polar surface area (TPSA) is 20.3 Å². The van der Waals surface area contributed by atoms with E-state index in [9.17, 15) is 13.6 Å². The molecule has 2 nitrogen and oxygen atoms in total. The lowest BCUT2D eigenvalue weighted by molar-refractivity contribution is -0.150. The van der Waals surface area contributed by atoms with Gasteiger partial charge in [0.15, 0.2) is 0 Å². The summed E-state index contributed by atoms with van der Waals surface area (Å²) in [4.78, 5) is 14.0. The summed E-state index contributed by atoms with van der Waals surface area (Å²) in [6, 6.07) is 0. The summed E-state index contributed by atoms with van der Waals surface area (Å²) in [6.07, 6.45) is 3.38. The van der Waals surface area contributed by atoms with Gasteiger partial charge in [-0.3, -0.25) is 4.79 Å². The Labute approximate surface area is 123 Å². The predicted molar refractivity (Wildman–Crippen MR) is 73.8 cm³/mol. The second-order valence-corrected chi connectivity index (χ2v) is 7.20. The molecule has 5 heteroatoms. The molecule has 4 bridgehead atoms. The third-order valence-electron chi connectivity index (χ3n) is 5.54. The molecule has 4 rings (SSSR count). The Bertz CT molecular complexity index is 349. The minimum Gasteiger partial charge on any atom is -0.336 e. The summed E-state index contributed by atoms with van der Waals surface area (Å²) in [6.45, 7) is -0.220. The van der Waals surface area contributed by atoms with E-state index >= 15 is 0 Å². The predicted octanol–water partition coefficient (Wildman–Crippen LogP) is 3.39. The van der Waals surface area contributed by atoms with E-state index in [0.29, 0.717) is 11.8 Å². The Morgan fingerprint density at radius 2 is 1.65 bits per heavy atom. The van der Waals surface area contributed by atoms with E-state index in [-0.39, 0.29) is 24.2 Å². The Kier molecular flexibility index (Phi) is 4.21. The first kappa shape index (κ1) is 14.6. The molecule has 0 aliphatic heterocycles. The van der Waals surface area contributed by atoms with E-state index in [0.717, 1.165) is 37.5 Å². The fourth-order valence-electron chi connectivity index (χ4n) is 5.10. The summed E-state index contributed by atoms with van der Waals surface area (Å²) in [7, 11) is 0. The minimum atomic E-state index is -2.47. The molecule has 0 N–H and O–H groups in total. The number of hydrogen-bond donors (Lipinski definition) is 0. The van der Waals surface area contributed by atoms with Gasteiger partial charge in [0.1, 0.15) is 0 Å². The van der Waals surface area contributed by atoms with Crippen molar-refractivity contribution in [1.82, 2.24) is 4.90 Å². The van der Waals surface area contributed by atoms with E-state index in [1.54, 1.807) is 0 Å². The van der Waals surface area contributed by atoms with Crippen molar-refractivity contribution in [3.8, 4) is 0 Å². The quantitative estimate of drug-likeness (QED) is 0.713. The lowest BCUT2D eigenvalue weighted by Gasteiger charge is -2.54. The van der Waals surface area contributed by atoms with Crippen LogP contribution in [0.15, 0.2) is 0 Å². The van der Waals surface area contributed by atoms with Crippen molar-refractivity contribution in [3.05, 3.63) is 0 Å². The molecule has 4 aliphatic rings. The van der Waals surface area contributed by atoms with Crippen molar-refractivity contribution in [2.24, 2.45) is 29.6 Å². The normalized spacial score (nSPS) is 38.5. The first-order valence-corrected chi connectivity index (χ1v) is 8.24. The van der Waals surface area contributed by atoms with Crippen molar-refractivity contribution in [2.75, 3.05) is 19.0 Å². The molecule has 0 unspecified atom stereocenters. The number of amides is 1. The molecule has 0 aromatic heterocycles. The molecule has 4 saturated carbocycles. The Balaban J connectivity index is 1.72. The van der Waals surface area contributed by atoms with Gasteiger partial charge in [-0.15, -0.1) is 11.6 Å². The van der Waals surface area contributed by atoms with Crippen LogP contribution in [0.25, 0.3) is 0 Å². The molecule has 0 saturated heterocycles. The third-order valence-corrected chi connectivity index (χ3v) is 5.71. The number of carbonyl (C=O) groups excluding carboxylic acids is 1. The van der Waals surface area contributed by atoms with Crippen molar-refractivity contribution >= 4 is 17.5 Å². The van der Waals surface area contributed by atoms with Gasteiger partial charge >= 0.3 is 0 Å². The molecule has 0 aromatic carbocycles. The molecule has 0 aromatic rings. The molecule has 0 atom stereocenters. The maximum Gasteiger partial charge on any atom is 0.255 e. The van der Waals surface area contributed by atoms with E-state index in [2.05, 4.69) is 0 Å². The van der Waals surface area contributed by atoms with Gasteiger partial charge in [0.05, 0.1) is 6.54 Å². The fraction of sp³-hybridized carbons (Fsp3) is 0.933. The second-order valence-electron chi connectivity index (χ2n) is 6.82. The van der Waals surface area contributed by atoms with Crippen LogP contribution in [0.2, 0.25) is 0 Å². The largest absolute Gasteiger partial charge is 0.336 e. The van der Waals surface area contributed by atoms with Crippen LogP contribution < -0.4 is 0 Å². The summed E-state index contributed by atoms with van der Waals surface area (Å²) < 4.78 is 25.3. The zero-order valence-electron chi connectivity index (χ0n) is 11.6. The highest BCUT2D eigenvalue weighted by atomic mass is 35.5.